The molecule has 0 aliphatic rings. The third-order valence-electron chi connectivity index (χ3n) is 4.41. The molecule has 0 spiro atoms. The zero-order chi connectivity index (χ0) is 19.5. The molecule has 2 nitrogen and oxygen atoms in total. The summed E-state index contributed by atoms with van der Waals surface area (Å²) in [6.45, 7) is 18.6. The van der Waals surface area contributed by atoms with Crippen LogP contribution in [0, 0.1) is 0 Å². The van der Waals surface area contributed by atoms with Gasteiger partial charge in [-0.15, -0.1) is 26.3 Å². The molecule has 2 rings (SSSR count). The van der Waals surface area contributed by atoms with Gasteiger partial charge < -0.3 is 9.80 Å². The van der Waals surface area contributed by atoms with E-state index in [1.165, 1.54) is 22.5 Å². The molecule has 0 heterocycles. The highest BCUT2D eigenvalue weighted by atomic mass is 15.1. The van der Waals surface area contributed by atoms with Gasteiger partial charge in [-0.2, -0.15) is 0 Å². The molecule has 0 amide bonds. The zero-order valence-electron chi connectivity index (χ0n) is 16.2. The van der Waals surface area contributed by atoms with E-state index in [9.17, 15) is 0 Å². The number of hydrogen-bond acceptors (Lipinski definition) is 2. The molecule has 0 aromatic heterocycles. The SMILES string of the molecule is C=CCN(CC=C)c1ccc(Cc2ccc(N(CC=C)CC=C)cc2)cc1. The molecule has 0 fully saturated rings. The van der Waals surface area contributed by atoms with Gasteiger partial charge in [-0.05, 0) is 41.8 Å². The minimum Gasteiger partial charge on any atom is -0.364 e. The van der Waals surface area contributed by atoms with Crippen LogP contribution in [0.2, 0.25) is 0 Å². The van der Waals surface area contributed by atoms with Crippen molar-refractivity contribution < 1.29 is 0 Å². The first-order chi connectivity index (χ1) is 13.2. The smallest absolute Gasteiger partial charge is 0.0372 e. The molecule has 2 aromatic rings. The van der Waals surface area contributed by atoms with E-state index in [0.29, 0.717) is 0 Å². The summed E-state index contributed by atoms with van der Waals surface area (Å²) < 4.78 is 0. The Labute approximate surface area is 164 Å². The lowest BCUT2D eigenvalue weighted by Gasteiger charge is -2.22. The molecule has 0 atom stereocenters. The summed E-state index contributed by atoms with van der Waals surface area (Å²) in [4.78, 5) is 4.48. The molecule has 0 saturated carbocycles. The molecule has 2 aromatic carbocycles. The molecule has 0 aliphatic heterocycles. The van der Waals surface area contributed by atoms with Crippen LogP contribution in [0.15, 0.2) is 99.2 Å². The van der Waals surface area contributed by atoms with Gasteiger partial charge >= 0.3 is 0 Å². The van der Waals surface area contributed by atoms with E-state index in [2.05, 4.69) is 84.6 Å². The van der Waals surface area contributed by atoms with Crippen molar-refractivity contribution in [2.45, 2.75) is 6.42 Å². The Morgan fingerprint density at radius 2 is 0.815 bits per heavy atom. The summed E-state index contributed by atoms with van der Waals surface area (Å²) in [5.41, 5.74) is 4.99. The lowest BCUT2D eigenvalue weighted by atomic mass is 10.0. The average Bonchev–Trinajstić information content (AvgIpc) is 2.69. The van der Waals surface area contributed by atoms with Crippen molar-refractivity contribution in [1.82, 2.24) is 0 Å². The standard InChI is InChI=1S/C25H30N2/c1-5-17-26(18-6-2)24-13-9-22(10-14-24)21-23-11-15-25(16-12-23)27(19-7-3)20-8-4/h5-16H,1-4,17-21H2. The Hall–Kier alpha value is -3.00. The average molecular weight is 359 g/mol. The first kappa shape index (κ1) is 20.3. The normalized spacial score (nSPS) is 10.1. The third kappa shape index (κ3) is 6.03. The van der Waals surface area contributed by atoms with Crippen LogP contribution in [0.5, 0.6) is 0 Å². The molecule has 0 aliphatic carbocycles. The van der Waals surface area contributed by atoms with Gasteiger partial charge in [0.15, 0.2) is 0 Å². The van der Waals surface area contributed by atoms with Crippen LogP contribution in [-0.2, 0) is 6.42 Å². The van der Waals surface area contributed by atoms with Gasteiger partial charge in [-0.1, -0.05) is 48.6 Å². The lowest BCUT2D eigenvalue weighted by molar-refractivity contribution is 0.954. The summed E-state index contributed by atoms with van der Waals surface area (Å²) in [7, 11) is 0. The van der Waals surface area contributed by atoms with Crippen LogP contribution in [0.4, 0.5) is 11.4 Å². The van der Waals surface area contributed by atoms with Crippen molar-refractivity contribution in [3.05, 3.63) is 110 Å². The fraction of sp³-hybridized carbons (Fsp3) is 0.200. The molecule has 2 heteroatoms. The van der Waals surface area contributed by atoms with Crippen LogP contribution in [-0.4, -0.2) is 26.2 Å². The van der Waals surface area contributed by atoms with Gasteiger partial charge in [0.2, 0.25) is 0 Å². The largest absolute Gasteiger partial charge is 0.364 e. The van der Waals surface area contributed by atoms with Crippen molar-refractivity contribution in [3.63, 3.8) is 0 Å². The predicted molar refractivity (Wildman–Crippen MR) is 121 cm³/mol. The Morgan fingerprint density at radius 1 is 0.519 bits per heavy atom. The summed E-state index contributed by atoms with van der Waals surface area (Å²) in [6, 6.07) is 17.5. The van der Waals surface area contributed by atoms with Crippen molar-refractivity contribution in [1.29, 1.82) is 0 Å². The van der Waals surface area contributed by atoms with Crippen LogP contribution in [0.1, 0.15) is 11.1 Å². The number of hydrogen-bond donors (Lipinski definition) is 0. The summed E-state index contributed by atoms with van der Waals surface area (Å²) >= 11 is 0. The Morgan fingerprint density at radius 3 is 1.07 bits per heavy atom. The second-order valence-electron chi connectivity index (χ2n) is 6.47. The molecule has 0 radical (unpaired) electrons. The Kier molecular flexibility index (Phi) is 8.18. The third-order valence-corrected chi connectivity index (χ3v) is 4.41. The van der Waals surface area contributed by atoms with Gasteiger partial charge in [-0.3, -0.25) is 0 Å². The second-order valence-corrected chi connectivity index (χ2v) is 6.47. The number of anilines is 2. The minimum atomic E-state index is 0.818. The minimum absolute atomic E-state index is 0.818. The predicted octanol–water partition coefficient (Wildman–Crippen LogP) is 5.63. The van der Waals surface area contributed by atoms with Gasteiger partial charge in [0.1, 0.15) is 0 Å². The van der Waals surface area contributed by atoms with Crippen LogP contribution >= 0.6 is 0 Å². The highest BCUT2D eigenvalue weighted by Gasteiger charge is 2.05. The number of rotatable bonds is 12. The van der Waals surface area contributed by atoms with E-state index >= 15 is 0 Å². The topological polar surface area (TPSA) is 6.48 Å². The van der Waals surface area contributed by atoms with Crippen LogP contribution in [0.3, 0.4) is 0 Å². The monoisotopic (exact) mass is 358 g/mol. The van der Waals surface area contributed by atoms with Gasteiger partial charge in [-0.25, -0.2) is 0 Å². The molecule has 0 bridgehead atoms. The maximum atomic E-state index is 3.83. The molecule has 140 valence electrons. The first-order valence-corrected chi connectivity index (χ1v) is 9.33. The first-order valence-electron chi connectivity index (χ1n) is 9.33. The lowest BCUT2D eigenvalue weighted by Crippen LogP contribution is -2.23. The molecule has 27 heavy (non-hydrogen) atoms. The molecular weight excluding hydrogens is 328 g/mol. The molecule has 0 unspecified atom stereocenters. The van der Waals surface area contributed by atoms with E-state index in [0.717, 1.165) is 32.6 Å². The Bertz CT molecular complexity index is 655. The fourth-order valence-corrected chi connectivity index (χ4v) is 3.08. The number of nitrogens with zero attached hydrogens (tertiary/aromatic N) is 2. The number of benzene rings is 2. The van der Waals surface area contributed by atoms with E-state index < -0.39 is 0 Å². The highest BCUT2D eigenvalue weighted by Crippen LogP contribution is 2.20. The van der Waals surface area contributed by atoms with Gasteiger partial charge in [0, 0.05) is 37.6 Å². The Balaban J connectivity index is 2.06. The van der Waals surface area contributed by atoms with Crippen molar-refractivity contribution in [2.75, 3.05) is 36.0 Å². The van der Waals surface area contributed by atoms with E-state index in [1.54, 1.807) is 0 Å². The summed E-state index contributed by atoms with van der Waals surface area (Å²) in [6.07, 6.45) is 8.59. The molecule has 0 saturated heterocycles. The van der Waals surface area contributed by atoms with Crippen LogP contribution < -0.4 is 9.80 Å². The highest BCUT2D eigenvalue weighted by molar-refractivity contribution is 5.51. The van der Waals surface area contributed by atoms with Gasteiger partial charge in [0.25, 0.3) is 0 Å². The van der Waals surface area contributed by atoms with Crippen molar-refractivity contribution in [3.8, 4) is 0 Å². The van der Waals surface area contributed by atoms with Crippen molar-refractivity contribution >= 4 is 11.4 Å². The van der Waals surface area contributed by atoms with Crippen LogP contribution in [0.25, 0.3) is 0 Å². The maximum absolute atomic E-state index is 3.83. The van der Waals surface area contributed by atoms with E-state index in [4.69, 9.17) is 0 Å². The summed E-state index contributed by atoms with van der Waals surface area (Å²) in [5.74, 6) is 0. The fourth-order valence-electron chi connectivity index (χ4n) is 3.08. The second kappa shape index (κ2) is 10.9. The van der Waals surface area contributed by atoms with Crippen molar-refractivity contribution in [2.24, 2.45) is 0 Å². The van der Waals surface area contributed by atoms with E-state index in [1.807, 2.05) is 24.3 Å². The van der Waals surface area contributed by atoms with E-state index in [-0.39, 0.29) is 0 Å². The van der Waals surface area contributed by atoms with Gasteiger partial charge in [0.05, 0.1) is 0 Å². The molecular formula is C25H30N2. The molecule has 0 N–H and O–H groups in total. The maximum Gasteiger partial charge on any atom is 0.0372 e. The quantitative estimate of drug-likeness (QED) is 0.453. The zero-order valence-corrected chi connectivity index (χ0v) is 16.2. The summed E-state index contributed by atoms with van der Waals surface area (Å²) in [5, 5.41) is 0.